The van der Waals surface area contributed by atoms with Gasteiger partial charge in [-0.15, -0.1) is 0 Å². The van der Waals surface area contributed by atoms with Gasteiger partial charge >= 0.3 is 0 Å². The summed E-state index contributed by atoms with van der Waals surface area (Å²) >= 11 is 11.9. The maximum Gasteiger partial charge on any atom is 0.261 e. The second-order valence-electron chi connectivity index (χ2n) is 6.26. The van der Waals surface area contributed by atoms with Gasteiger partial charge in [-0.1, -0.05) is 35.3 Å². The number of carbonyl (C=O) groups is 1. The van der Waals surface area contributed by atoms with E-state index in [0.717, 1.165) is 0 Å². The second-order valence-corrected chi connectivity index (χ2v) is 7.08. The first-order valence-corrected chi connectivity index (χ1v) is 9.42. The lowest BCUT2D eigenvalue weighted by Gasteiger charge is -2.19. The second kappa shape index (κ2) is 8.73. The molecule has 0 aliphatic rings. The molecule has 28 heavy (non-hydrogen) atoms. The molecule has 8 heteroatoms. The molecule has 6 nitrogen and oxygen atoms in total. The van der Waals surface area contributed by atoms with Gasteiger partial charge in [-0.05, 0) is 37.3 Å². The lowest BCUT2D eigenvalue weighted by molar-refractivity contribution is 0.0937. The van der Waals surface area contributed by atoms with Crippen molar-refractivity contribution in [2.45, 2.75) is 19.5 Å². The largest absolute Gasteiger partial charge is 0.383 e. The highest BCUT2D eigenvalue weighted by molar-refractivity contribution is 6.42. The van der Waals surface area contributed by atoms with Crippen molar-refractivity contribution in [3.8, 4) is 0 Å². The van der Waals surface area contributed by atoms with Gasteiger partial charge in [0.2, 0.25) is 0 Å². The summed E-state index contributed by atoms with van der Waals surface area (Å²) in [5, 5.41) is 4.05. The molecule has 1 aromatic heterocycles. The normalized spacial score (nSPS) is 12.1. The van der Waals surface area contributed by atoms with E-state index in [2.05, 4.69) is 10.3 Å². The average molecular weight is 420 g/mol. The third kappa shape index (κ3) is 4.19. The summed E-state index contributed by atoms with van der Waals surface area (Å²) in [5.74, 6) is 0.112. The maximum atomic E-state index is 12.9. The van der Waals surface area contributed by atoms with Gasteiger partial charge < -0.3 is 10.1 Å². The highest BCUT2D eigenvalue weighted by Crippen LogP contribution is 2.23. The van der Waals surface area contributed by atoms with Crippen LogP contribution in [0.5, 0.6) is 0 Å². The number of carbonyl (C=O) groups excluding carboxylic acids is 1. The average Bonchev–Trinajstić information content (AvgIpc) is 2.69. The highest BCUT2D eigenvalue weighted by Gasteiger charge is 2.19. The van der Waals surface area contributed by atoms with Crippen molar-refractivity contribution >= 4 is 40.0 Å². The number of nitrogens with zero attached hydrogens (tertiary/aromatic N) is 2. The zero-order valence-electron chi connectivity index (χ0n) is 15.4. The van der Waals surface area contributed by atoms with E-state index in [4.69, 9.17) is 27.9 Å². The summed E-state index contributed by atoms with van der Waals surface area (Å²) in [6, 6.07) is 11.2. The Balaban J connectivity index is 1.97. The zero-order valence-corrected chi connectivity index (χ0v) is 16.9. The summed E-state index contributed by atoms with van der Waals surface area (Å²) in [5.41, 5.74) is 0.771. The number of para-hydroxylation sites is 1. The van der Waals surface area contributed by atoms with E-state index in [9.17, 15) is 9.59 Å². The molecule has 0 radical (unpaired) electrons. The Kier molecular flexibility index (Phi) is 6.34. The van der Waals surface area contributed by atoms with E-state index in [1.54, 1.807) is 44.4 Å². The summed E-state index contributed by atoms with van der Waals surface area (Å²) in [6.45, 7) is 2.45. The van der Waals surface area contributed by atoms with Crippen molar-refractivity contribution in [2.24, 2.45) is 0 Å². The third-order valence-corrected chi connectivity index (χ3v) is 5.07. The predicted octanol–water partition coefficient (Wildman–Crippen LogP) is 3.84. The molecule has 0 spiro atoms. The number of ether oxygens (including phenoxy) is 1. The van der Waals surface area contributed by atoms with Gasteiger partial charge in [0.05, 0.1) is 40.1 Å². The van der Waals surface area contributed by atoms with Crippen LogP contribution in [-0.4, -0.2) is 29.2 Å². The molecule has 3 aromatic rings. The SMILES string of the molecule is COCCn1c(C(C)NC(=O)c2ccc(Cl)c(Cl)c2)nc2ccccc2c1=O. The van der Waals surface area contributed by atoms with Crippen LogP contribution in [0.1, 0.15) is 29.1 Å². The van der Waals surface area contributed by atoms with Crippen molar-refractivity contribution in [1.82, 2.24) is 14.9 Å². The van der Waals surface area contributed by atoms with E-state index in [0.29, 0.717) is 45.5 Å². The molecule has 0 aliphatic heterocycles. The molecule has 0 saturated carbocycles. The highest BCUT2D eigenvalue weighted by atomic mass is 35.5. The minimum atomic E-state index is -0.517. The fraction of sp³-hybridized carbons (Fsp3) is 0.250. The first-order valence-electron chi connectivity index (χ1n) is 8.66. The van der Waals surface area contributed by atoms with Crippen molar-refractivity contribution in [3.05, 3.63) is 74.3 Å². The van der Waals surface area contributed by atoms with E-state index < -0.39 is 6.04 Å². The number of hydrogen-bond acceptors (Lipinski definition) is 4. The van der Waals surface area contributed by atoms with Gasteiger partial charge in [-0.3, -0.25) is 14.2 Å². The Morgan fingerprint density at radius 3 is 2.68 bits per heavy atom. The van der Waals surface area contributed by atoms with Gasteiger partial charge in [0.15, 0.2) is 0 Å². The van der Waals surface area contributed by atoms with Crippen molar-refractivity contribution < 1.29 is 9.53 Å². The first-order chi connectivity index (χ1) is 13.4. The van der Waals surface area contributed by atoms with Gasteiger partial charge in [0.25, 0.3) is 11.5 Å². The monoisotopic (exact) mass is 419 g/mol. The molecule has 0 fully saturated rings. The van der Waals surface area contributed by atoms with Crippen molar-refractivity contribution in [2.75, 3.05) is 13.7 Å². The summed E-state index contributed by atoms with van der Waals surface area (Å²) in [4.78, 5) is 30.1. The van der Waals surface area contributed by atoms with Crippen LogP contribution in [0.3, 0.4) is 0 Å². The number of fused-ring (bicyclic) bond motifs is 1. The number of benzene rings is 2. The lowest BCUT2D eigenvalue weighted by Crippen LogP contribution is -2.34. The molecule has 1 atom stereocenters. The number of nitrogens with one attached hydrogen (secondary N) is 1. The molecule has 3 rings (SSSR count). The van der Waals surface area contributed by atoms with Crippen LogP contribution in [0, 0.1) is 0 Å². The Hall–Kier alpha value is -2.41. The fourth-order valence-corrected chi connectivity index (χ4v) is 3.19. The Morgan fingerprint density at radius 1 is 1.21 bits per heavy atom. The molecule has 1 N–H and O–H groups in total. The number of methoxy groups -OCH3 is 1. The van der Waals surface area contributed by atoms with E-state index in [-0.39, 0.29) is 11.5 Å². The summed E-state index contributed by atoms with van der Waals surface area (Å²) < 4.78 is 6.65. The minimum absolute atomic E-state index is 0.173. The van der Waals surface area contributed by atoms with E-state index >= 15 is 0 Å². The molecule has 1 unspecified atom stereocenters. The lowest BCUT2D eigenvalue weighted by atomic mass is 10.2. The summed E-state index contributed by atoms with van der Waals surface area (Å²) in [6.07, 6.45) is 0. The minimum Gasteiger partial charge on any atom is -0.383 e. The van der Waals surface area contributed by atoms with Crippen molar-refractivity contribution in [3.63, 3.8) is 0 Å². The molecule has 0 bridgehead atoms. The first kappa shape index (κ1) is 20.3. The smallest absolute Gasteiger partial charge is 0.261 e. The number of hydrogen-bond donors (Lipinski definition) is 1. The van der Waals surface area contributed by atoms with Crippen LogP contribution in [0.2, 0.25) is 10.0 Å². The summed E-state index contributed by atoms with van der Waals surface area (Å²) in [7, 11) is 1.56. The van der Waals surface area contributed by atoms with Crippen LogP contribution >= 0.6 is 23.2 Å². The van der Waals surface area contributed by atoms with Gasteiger partial charge in [-0.2, -0.15) is 0 Å². The van der Waals surface area contributed by atoms with Gasteiger partial charge in [0, 0.05) is 12.7 Å². The Morgan fingerprint density at radius 2 is 1.96 bits per heavy atom. The van der Waals surface area contributed by atoms with E-state index in [1.807, 2.05) is 6.07 Å². The standard InChI is InChI=1S/C20H19Cl2N3O3/c1-12(23-19(26)13-7-8-15(21)16(22)11-13)18-24-17-6-4-3-5-14(17)20(27)25(18)9-10-28-2/h3-8,11-12H,9-10H2,1-2H3,(H,23,26). The predicted molar refractivity (Wildman–Crippen MR) is 110 cm³/mol. The molecule has 0 saturated heterocycles. The van der Waals surface area contributed by atoms with Crippen LogP contribution < -0.4 is 10.9 Å². The molecule has 2 aromatic carbocycles. The fourth-order valence-electron chi connectivity index (χ4n) is 2.90. The zero-order chi connectivity index (χ0) is 20.3. The van der Waals surface area contributed by atoms with Gasteiger partial charge in [-0.25, -0.2) is 4.98 Å². The molecule has 0 aliphatic carbocycles. The third-order valence-electron chi connectivity index (χ3n) is 4.33. The number of amides is 1. The molecule has 146 valence electrons. The van der Waals surface area contributed by atoms with Gasteiger partial charge in [0.1, 0.15) is 5.82 Å². The molecule has 1 heterocycles. The molecule has 1 amide bonds. The Bertz CT molecular complexity index is 1080. The topological polar surface area (TPSA) is 73.2 Å². The van der Waals surface area contributed by atoms with Crippen LogP contribution in [-0.2, 0) is 11.3 Å². The molecular weight excluding hydrogens is 401 g/mol. The van der Waals surface area contributed by atoms with Crippen molar-refractivity contribution in [1.29, 1.82) is 0 Å². The van der Waals surface area contributed by atoms with E-state index in [1.165, 1.54) is 10.6 Å². The maximum absolute atomic E-state index is 12.9. The number of halogens is 2. The number of aromatic nitrogens is 2. The van der Waals surface area contributed by atoms with Crippen LogP contribution in [0.4, 0.5) is 0 Å². The number of rotatable bonds is 6. The van der Waals surface area contributed by atoms with Crippen LogP contribution in [0.15, 0.2) is 47.3 Å². The molecular formula is C20H19Cl2N3O3. The quantitative estimate of drug-likeness (QED) is 0.658. The Labute approximate surface area is 172 Å². The van der Waals surface area contributed by atoms with Crippen LogP contribution in [0.25, 0.3) is 10.9 Å².